The minimum absolute atomic E-state index is 0.240. The topological polar surface area (TPSA) is 50.4 Å². The number of benzene rings is 1. The average molecular weight is 327 g/mol. The van der Waals surface area contributed by atoms with E-state index in [2.05, 4.69) is 34.8 Å². The maximum atomic E-state index is 5.59. The maximum absolute atomic E-state index is 5.59. The van der Waals surface area contributed by atoms with Crippen LogP contribution in [-0.4, -0.2) is 10.8 Å². The molecule has 0 aliphatic heterocycles. The molecular formula is C19H25N3S. The van der Waals surface area contributed by atoms with Gasteiger partial charge >= 0.3 is 0 Å². The van der Waals surface area contributed by atoms with Gasteiger partial charge in [-0.2, -0.15) is 5.10 Å². The van der Waals surface area contributed by atoms with Crippen molar-refractivity contribution in [2.45, 2.75) is 44.9 Å². The highest BCUT2D eigenvalue weighted by Crippen LogP contribution is 2.61. The molecule has 0 aromatic heterocycles. The van der Waals surface area contributed by atoms with E-state index >= 15 is 0 Å². The molecule has 0 unspecified atom stereocenters. The molecule has 4 fully saturated rings. The molecule has 0 radical (unpaired) electrons. The van der Waals surface area contributed by atoms with E-state index in [9.17, 15) is 0 Å². The lowest BCUT2D eigenvalue weighted by molar-refractivity contribution is -0.0481. The summed E-state index contributed by atoms with van der Waals surface area (Å²) in [5.74, 6) is 2.88. The molecule has 4 saturated carbocycles. The Bertz CT molecular complexity index is 587. The largest absolute Gasteiger partial charge is 0.375 e. The van der Waals surface area contributed by atoms with Gasteiger partial charge in [0.05, 0.1) is 5.71 Å². The fourth-order valence-electron chi connectivity index (χ4n) is 5.82. The molecule has 23 heavy (non-hydrogen) atoms. The Labute approximate surface area is 143 Å². The van der Waals surface area contributed by atoms with E-state index in [0.717, 1.165) is 29.9 Å². The second-order valence-electron chi connectivity index (χ2n) is 7.99. The molecule has 1 aromatic carbocycles. The van der Waals surface area contributed by atoms with Gasteiger partial charge < -0.3 is 5.73 Å². The predicted octanol–water partition coefficient (Wildman–Crippen LogP) is 3.83. The molecule has 0 saturated heterocycles. The number of nitrogens with zero attached hydrogens (tertiary/aromatic N) is 1. The first-order valence-corrected chi connectivity index (χ1v) is 9.20. The van der Waals surface area contributed by atoms with Crippen molar-refractivity contribution >= 4 is 23.0 Å². The SMILES string of the molecule is NC(=S)N/N=C(\CC12CC3CC(CC(C3)C1)C2)c1ccccc1. The van der Waals surface area contributed by atoms with Crippen LogP contribution >= 0.6 is 12.2 Å². The van der Waals surface area contributed by atoms with Crippen LogP contribution in [0.4, 0.5) is 0 Å². The molecule has 0 amide bonds. The molecule has 0 heterocycles. The van der Waals surface area contributed by atoms with Gasteiger partial charge in [0.15, 0.2) is 5.11 Å². The summed E-state index contributed by atoms with van der Waals surface area (Å²) in [5.41, 5.74) is 11.2. The highest BCUT2D eigenvalue weighted by atomic mass is 32.1. The zero-order valence-electron chi connectivity index (χ0n) is 13.5. The summed E-state index contributed by atoms with van der Waals surface area (Å²) < 4.78 is 0. The quantitative estimate of drug-likeness (QED) is 0.502. The number of nitrogens with two attached hydrogens (primary N) is 1. The van der Waals surface area contributed by atoms with Gasteiger partial charge in [-0.05, 0) is 85.9 Å². The van der Waals surface area contributed by atoms with Crippen molar-refractivity contribution in [1.29, 1.82) is 0 Å². The van der Waals surface area contributed by atoms with Crippen LogP contribution in [0.15, 0.2) is 35.4 Å². The minimum atomic E-state index is 0.240. The average Bonchev–Trinajstić information content (AvgIpc) is 2.51. The minimum Gasteiger partial charge on any atom is -0.375 e. The Morgan fingerprint density at radius 2 is 1.65 bits per heavy atom. The van der Waals surface area contributed by atoms with E-state index in [4.69, 9.17) is 18.0 Å². The lowest BCUT2D eigenvalue weighted by Crippen LogP contribution is -2.47. The maximum Gasteiger partial charge on any atom is 0.184 e. The van der Waals surface area contributed by atoms with Gasteiger partial charge in [0.2, 0.25) is 0 Å². The molecule has 3 N–H and O–H groups in total. The lowest BCUT2D eigenvalue weighted by Gasteiger charge is -2.57. The number of hydrogen-bond donors (Lipinski definition) is 2. The lowest BCUT2D eigenvalue weighted by atomic mass is 9.48. The smallest absolute Gasteiger partial charge is 0.184 e. The summed E-state index contributed by atoms with van der Waals surface area (Å²) in [5, 5.41) is 4.81. The van der Waals surface area contributed by atoms with Gasteiger partial charge in [0.1, 0.15) is 0 Å². The number of hydrogen-bond acceptors (Lipinski definition) is 2. The monoisotopic (exact) mass is 327 g/mol. The van der Waals surface area contributed by atoms with E-state index in [1.54, 1.807) is 0 Å². The standard InChI is InChI=1S/C19H25N3S/c20-18(23)22-21-17(16-4-2-1-3-5-16)12-19-9-13-6-14(10-19)8-15(7-13)11-19/h1-5,13-15H,6-12H2,(H3,20,22,23)/b21-17+. The van der Waals surface area contributed by atoms with Crippen molar-refractivity contribution in [2.75, 3.05) is 0 Å². The van der Waals surface area contributed by atoms with Crippen molar-refractivity contribution in [3.63, 3.8) is 0 Å². The predicted molar refractivity (Wildman–Crippen MR) is 98.1 cm³/mol. The fourth-order valence-corrected chi connectivity index (χ4v) is 5.87. The first-order valence-electron chi connectivity index (χ1n) is 8.79. The van der Waals surface area contributed by atoms with E-state index in [1.807, 2.05) is 6.07 Å². The number of rotatable bonds is 4. The van der Waals surface area contributed by atoms with Crippen molar-refractivity contribution < 1.29 is 0 Å². The number of thiocarbonyl (C=S) groups is 1. The molecule has 4 bridgehead atoms. The number of hydrazone groups is 1. The molecule has 4 aliphatic carbocycles. The summed E-state index contributed by atoms with van der Waals surface area (Å²) in [4.78, 5) is 0. The van der Waals surface area contributed by atoms with Crippen LogP contribution in [0, 0.1) is 23.2 Å². The summed E-state index contributed by atoms with van der Waals surface area (Å²) in [6.45, 7) is 0. The van der Waals surface area contributed by atoms with Crippen LogP contribution in [0.3, 0.4) is 0 Å². The highest BCUT2D eigenvalue weighted by Gasteiger charge is 2.51. The van der Waals surface area contributed by atoms with E-state index in [0.29, 0.717) is 5.41 Å². The molecule has 5 rings (SSSR count). The van der Waals surface area contributed by atoms with Gasteiger partial charge in [-0.3, -0.25) is 5.43 Å². The van der Waals surface area contributed by atoms with Crippen LogP contribution in [0.1, 0.15) is 50.5 Å². The third-order valence-electron chi connectivity index (χ3n) is 6.12. The summed E-state index contributed by atoms with van der Waals surface area (Å²) in [6.07, 6.45) is 9.64. The van der Waals surface area contributed by atoms with Crippen LogP contribution in [0.25, 0.3) is 0 Å². The first kappa shape index (κ1) is 15.1. The molecular weight excluding hydrogens is 302 g/mol. The zero-order valence-corrected chi connectivity index (χ0v) is 14.3. The normalized spacial score (nSPS) is 35.3. The Balaban J connectivity index is 1.60. The Hall–Kier alpha value is -1.42. The van der Waals surface area contributed by atoms with Crippen LogP contribution in [-0.2, 0) is 0 Å². The van der Waals surface area contributed by atoms with Crippen LogP contribution in [0.5, 0.6) is 0 Å². The summed E-state index contributed by atoms with van der Waals surface area (Å²) >= 11 is 4.94. The van der Waals surface area contributed by atoms with Crippen molar-refractivity contribution in [1.82, 2.24) is 5.43 Å². The third-order valence-corrected chi connectivity index (χ3v) is 6.21. The Morgan fingerprint density at radius 1 is 1.09 bits per heavy atom. The molecule has 0 atom stereocenters. The summed E-state index contributed by atoms with van der Waals surface area (Å²) in [6, 6.07) is 10.5. The van der Waals surface area contributed by atoms with Crippen molar-refractivity contribution in [3.8, 4) is 0 Å². The molecule has 0 spiro atoms. The van der Waals surface area contributed by atoms with Gasteiger partial charge in [-0.1, -0.05) is 30.3 Å². The van der Waals surface area contributed by atoms with E-state index in [1.165, 1.54) is 44.1 Å². The van der Waals surface area contributed by atoms with Crippen LogP contribution < -0.4 is 11.2 Å². The molecule has 3 nitrogen and oxygen atoms in total. The first-order chi connectivity index (χ1) is 11.1. The van der Waals surface area contributed by atoms with Gasteiger partial charge in [-0.15, -0.1) is 0 Å². The van der Waals surface area contributed by atoms with Crippen LogP contribution in [0.2, 0.25) is 0 Å². The highest BCUT2D eigenvalue weighted by molar-refractivity contribution is 7.80. The fraction of sp³-hybridized carbons (Fsp3) is 0.579. The third kappa shape index (κ3) is 3.14. The Kier molecular flexibility index (Phi) is 3.88. The number of nitrogens with one attached hydrogen (secondary N) is 1. The van der Waals surface area contributed by atoms with E-state index < -0.39 is 0 Å². The second-order valence-corrected chi connectivity index (χ2v) is 8.43. The van der Waals surface area contributed by atoms with Gasteiger partial charge in [0, 0.05) is 0 Å². The molecule has 4 heteroatoms. The van der Waals surface area contributed by atoms with Gasteiger partial charge in [0.25, 0.3) is 0 Å². The zero-order chi connectivity index (χ0) is 15.9. The molecule has 122 valence electrons. The van der Waals surface area contributed by atoms with Gasteiger partial charge in [-0.25, -0.2) is 0 Å². The summed E-state index contributed by atoms with van der Waals surface area (Å²) in [7, 11) is 0. The van der Waals surface area contributed by atoms with Crippen molar-refractivity contribution in [2.24, 2.45) is 34.0 Å². The van der Waals surface area contributed by atoms with Crippen molar-refractivity contribution in [3.05, 3.63) is 35.9 Å². The Morgan fingerprint density at radius 3 is 2.17 bits per heavy atom. The van der Waals surface area contributed by atoms with E-state index in [-0.39, 0.29) is 5.11 Å². The molecule has 1 aromatic rings. The molecule has 4 aliphatic rings. The second kappa shape index (κ2) is 5.90.